The van der Waals surface area contributed by atoms with Crippen molar-refractivity contribution in [1.82, 2.24) is 20.9 Å². The number of H-pyrrole nitrogens is 1. The summed E-state index contributed by atoms with van der Waals surface area (Å²) in [5.74, 6) is -4.96. The lowest BCUT2D eigenvalue weighted by Crippen LogP contribution is -2.58. The molecule has 3 unspecified atom stereocenters. The number of benzene rings is 1. The molecule has 13 nitrogen and oxygen atoms in total. The number of primary amides is 1. The molecule has 0 radical (unpaired) electrons. The maximum absolute atomic E-state index is 12.7. The number of rotatable bonds is 12. The number of aromatic nitrogens is 1. The molecule has 10 N–H and O–H groups in total. The van der Waals surface area contributed by atoms with Gasteiger partial charge in [0.25, 0.3) is 0 Å². The Bertz CT molecular complexity index is 1040. The summed E-state index contributed by atoms with van der Waals surface area (Å²) in [6, 6.07) is 2.85. The summed E-state index contributed by atoms with van der Waals surface area (Å²) in [6.07, 6.45) is 0.912. The minimum atomic E-state index is -1.54. The molecule has 2 aromatic rings. The molecule has 2 rings (SSSR count). The van der Waals surface area contributed by atoms with Crippen molar-refractivity contribution in [1.29, 1.82) is 0 Å². The Morgan fingerprint density at radius 1 is 0.970 bits per heavy atom. The molecular weight excluding hydrogens is 436 g/mol. The van der Waals surface area contributed by atoms with Gasteiger partial charge in [0, 0.05) is 23.5 Å². The smallest absolute Gasteiger partial charge is 0.326 e. The third-order valence-electron chi connectivity index (χ3n) is 4.77. The zero-order valence-electron chi connectivity index (χ0n) is 17.5. The van der Waals surface area contributed by atoms with Crippen molar-refractivity contribution in [2.24, 2.45) is 11.5 Å². The summed E-state index contributed by atoms with van der Waals surface area (Å²) < 4.78 is 0. The van der Waals surface area contributed by atoms with Crippen LogP contribution in [-0.2, 0) is 30.4 Å². The van der Waals surface area contributed by atoms with Crippen molar-refractivity contribution >= 4 is 40.5 Å². The third kappa shape index (κ3) is 7.02. The molecule has 1 heterocycles. The van der Waals surface area contributed by atoms with Crippen molar-refractivity contribution < 1.29 is 34.2 Å². The molecular formula is C20H26N6O7. The third-order valence-corrected chi connectivity index (χ3v) is 4.77. The second-order valence-corrected chi connectivity index (χ2v) is 7.20. The molecule has 0 saturated heterocycles. The van der Waals surface area contributed by atoms with Gasteiger partial charge < -0.3 is 42.6 Å². The first kappa shape index (κ1) is 25.3. The number of aromatic amines is 1. The maximum Gasteiger partial charge on any atom is 0.326 e. The molecule has 0 aliphatic carbocycles. The Morgan fingerprint density at radius 2 is 1.61 bits per heavy atom. The van der Waals surface area contributed by atoms with Crippen LogP contribution >= 0.6 is 0 Å². The summed E-state index contributed by atoms with van der Waals surface area (Å²) >= 11 is 0. The summed E-state index contributed by atoms with van der Waals surface area (Å²) in [7, 11) is 0. The van der Waals surface area contributed by atoms with Gasteiger partial charge in [-0.1, -0.05) is 18.2 Å². The van der Waals surface area contributed by atoms with E-state index in [1.54, 1.807) is 18.3 Å². The minimum Gasteiger partial charge on any atom is -0.480 e. The fraction of sp³-hybridized carbons (Fsp3) is 0.350. The molecule has 1 aromatic heterocycles. The predicted molar refractivity (Wildman–Crippen MR) is 115 cm³/mol. The van der Waals surface area contributed by atoms with E-state index in [1.807, 2.05) is 12.1 Å². The normalized spacial score (nSPS) is 13.5. The highest BCUT2D eigenvalue weighted by atomic mass is 16.4. The highest BCUT2D eigenvalue weighted by molar-refractivity contribution is 5.96. The van der Waals surface area contributed by atoms with E-state index in [4.69, 9.17) is 11.5 Å². The summed E-state index contributed by atoms with van der Waals surface area (Å²) in [6.45, 7) is -1.25. The number of carbonyl (C=O) groups is 5. The fourth-order valence-corrected chi connectivity index (χ4v) is 3.12. The van der Waals surface area contributed by atoms with Gasteiger partial charge in [-0.05, 0) is 11.6 Å². The zero-order valence-corrected chi connectivity index (χ0v) is 17.5. The number of aliphatic carboxylic acids is 1. The van der Waals surface area contributed by atoms with Crippen molar-refractivity contribution in [3.8, 4) is 0 Å². The quantitative estimate of drug-likeness (QED) is 0.162. The van der Waals surface area contributed by atoms with Crippen LogP contribution in [0.2, 0.25) is 0 Å². The van der Waals surface area contributed by atoms with Crippen LogP contribution in [0.4, 0.5) is 0 Å². The molecule has 3 atom stereocenters. The van der Waals surface area contributed by atoms with Crippen LogP contribution in [-0.4, -0.2) is 76.1 Å². The van der Waals surface area contributed by atoms with Crippen molar-refractivity contribution in [3.05, 3.63) is 36.0 Å². The SMILES string of the molecule is NCC(=O)NC(CO)C(=O)NC(CC(N)=O)C(=O)NC(Cc1c[nH]c2ccccc12)C(=O)O. The van der Waals surface area contributed by atoms with E-state index < -0.39 is 67.3 Å². The number of hydrogen-bond acceptors (Lipinski definition) is 7. The summed E-state index contributed by atoms with van der Waals surface area (Å²) in [4.78, 5) is 62.7. The highest BCUT2D eigenvalue weighted by Gasteiger charge is 2.30. The molecule has 0 bridgehead atoms. The van der Waals surface area contributed by atoms with Gasteiger partial charge in [0.2, 0.25) is 23.6 Å². The van der Waals surface area contributed by atoms with E-state index in [0.717, 1.165) is 10.9 Å². The zero-order chi connectivity index (χ0) is 24.5. The topological polar surface area (TPSA) is 230 Å². The lowest BCUT2D eigenvalue weighted by atomic mass is 10.0. The average molecular weight is 462 g/mol. The van der Waals surface area contributed by atoms with Gasteiger partial charge in [0.1, 0.15) is 18.1 Å². The molecule has 33 heavy (non-hydrogen) atoms. The number of para-hydroxylation sites is 1. The van der Waals surface area contributed by atoms with Crippen LogP contribution in [0.15, 0.2) is 30.5 Å². The lowest BCUT2D eigenvalue weighted by Gasteiger charge is -2.23. The summed E-state index contributed by atoms with van der Waals surface area (Å²) in [5, 5.41) is 26.3. The number of hydrogen-bond donors (Lipinski definition) is 8. The summed E-state index contributed by atoms with van der Waals surface area (Å²) in [5.41, 5.74) is 11.7. The van der Waals surface area contributed by atoms with E-state index in [2.05, 4.69) is 20.9 Å². The monoisotopic (exact) mass is 462 g/mol. The number of nitrogens with one attached hydrogen (secondary N) is 4. The number of carboxylic acid groups (broad SMARTS) is 1. The molecule has 0 fully saturated rings. The second-order valence-electron chi connectivity index (χ2n) is 7.20. The first-order valence-electron chi connectivity index (χ1n) is 9.93. The molecule has 4 amide bonds. The minimum absolute atomic E-state index is 0.0753. The van der Waals surface area contributed by atoms with E-state index in [0.29, 0.717) is 5.56 Å². The van der Waals surface area contributed by atoms with Gasteiger partial charge in [-0.25, -0.2) is 4.79 Å². The number of carbonyl (C=O) groups excluding carboxylic acids is 4. The van der Waals surface area contributed by atoms with Gasteiger partial charge in [-0.3, -0.25) is 19.2 Å². The number of nitrogens with two attached hydrogens (primary N) is 2. The first-order valence-corrected chi connectivity index (χ1v) is 9.93. The van der Waals surface area contributed by atoms with Crippen LogP contribution in [0.1, 0.15) is 12.0 Å². The van der Waals surface area contributed by atoms with Crippen molar-refractivity contribution in [2.75, 3.05) is 13.2 Å². The Hall–Kier alpha value is -3.97. The van der Waals surface area contributed by atoms with Gasteiger partial charge in [-0.2, -0.15) is 0 Å². The Morgan fingerprint density at radius 3 is 2.21 bits per heavy atom. The van der Waals surface area contributed by atoms with Crippen LogP contribution in [0, 0.1) is 0 Å². The van der Waals surface area contributed by atoms with E-state index in [9.17, 15) is 34.2 Å². The maximum atomic E-state index is 12.7. The van der Waals surface area contributed by atoms with Crippen molar-refractivity contribution in [3.63, 3.8) is 0 Å². The number of amides is 4. The molecule has 0 aliphatic rings. The second kappa shape index (κ2) is 11.6. The molecule has 1 aromatic carbocycles. The number of carboxylic acids is 1. The Kier molecular flexibility index (Phi) is 8.89. The first-order chi connectivity index (χ1) is 15.7. The van der Waals surface area contributed by atoms with Gasteiger partial charge in [-0.15, -0.1) is 0 Å². The van der Waals surface area contributed by atoms with E-state index >= 15 is 0 Å². The van der Waals surface area contributed by atoms with Crippen LogP contribution in [0.5, 0.6) is 0 Å². The highest BCUT2D eigenvalue weighted by Crippen LogP contribution is 2.19. The van der Waals surface area contributed by atoms with E-state index in [-0.39, 0.29) is 6.42 Å². The molecule has 0 spiro atoms. The molecule has 178 valence electrons. The number of fused-ring (bicyclic) bond motifs is 1. The molecule has 13 heteroatoms. The van der Waals surface area contributed by atoms with Gasteiger partial charge >= 0.3 is 5.97 Å². The Balaban J connectivity index is 2.15. The standard InChI is InChI=1S/C20H26N6O7/c21-7-17(29)24-15(9-27)19(31)25-13(6-16(22)28)18(30)26-14(20(32)33)5-10-8-23-12-4-2-1-3-11(10)12/h1-4,8,13-15,23,27H,5-7,9,21H2,(H2,22,28)(H,24,29)(H,25,31)(H,26,30)(H,32,33). The fourth-order valence-electron chi connectivity index (χ4n) is 3.12. The van der Waals surface area contributed by atoms with Crippen LogP contribution < -0.4 is 27.4 Å². The van der Waals surface area contributed by atoms with Gasteiger partial charge in [0.05, 0.1) is 19.6 Å². The predicted octanol–water partition coefficient (Wildman–Crippen LogP) is -2.92. The van der Waals surface area contributed by atoms with Crippen molar-refractivity contribution in [2.45, 2.75) is 31.0 Å². The van der Waals surface area contributed by atoms with E-state index in [1.165, 1.54) is 0 Å². The van der Waals surface area contributed by atoms with Gasteiger partial charge in [0.15, 0.2) is 0 Å². The number of aliphatic hydroxyl groups excluding tert-OH is 1. The molecule has 0 saturated carbocycles. The number of aliphatic hydroxyl groups is 1. The Labute approximate surface area is 187 Å². The largest absolute Gasteiger partial charge is 0.480 e. The van der Waals surface area contributed by atoms with Crippen LogP contribution in [0.25, 0.3) is 10.9 Å². The lowest BCUT2D eigenvalue weighted by molar-refractivity contribution is -0.142. The van der Waals surface area contributed by atoms with Crippen LogP contribution in [0.3, 0.4) is 0 Å². The average Bonchev–Trinajstić information content (AvgIpc) is 3.18. The molecule has 0 aliphatic heterocycles.